The van der Waals surface area contributed by atoms with Gasteiger partial charge >= 0.3 is 7.60 Å². The van der Waals surface area contributed by atoms with Gasteiger partial charge in [-0.1, -0.05) is 109 Å². The van der Waals surface area contributed by atoms with Crippen LogP contribution in [0.1, 0.15) is 127 Å². The Labute approximate surface area is 257 Å². The zero-order valence-corrected chi connectivity index (χ0v) is 27.9. The average molecular weight is 591 g/mol. The van der Waals surface area contributed by atoms with Crippen LogP contribution in [0.3, 0.4) is 0 Å². The van der Waals surface area contributed by atoms with E-state index in [1.807, 2.05) is 30.3 Å². The Kier molecular flexibility index (Phi) is 14.7. The molecule has 0 saturated carbocycles. The highest BCUT2D eigenvalue weighted by molar-refractivity contribution is 7.63. The Morgan fingerprint density at radius 3 is 1.31 bits per heavy atom. The Bertz CT molecular complexity index is 1200. The van der Waals surface area contributed by atoms with Gasteiger partial charge in [0.25, 0.3) is 0 Å². The van der Waals surface area contributed by atoms with Crippen LogP contribution < -0.4 is 14.4 Å². The zero-order valence-electron chi connectivity index (χ0n) is 27.1. The van der Waals surface area contributed by atoms with E-state index in [4.69, 9.17) is 9.05 Å². The summed E-state index contributed by atoms with van der Waals surface area (Å²) < 4.78 is 28.9. The number of benzene rings is 3. The first-order chi connectivity index (χ1) is 20.5. The fourth-order valence-electron chi connectivity index (χ4n) is 5.60. The van der Waals surface area contributed by atoms with Gasteiger partial charge in [-0.2, -0.15) is 0 Å². The molecule has 230 valence electrons. The van der Waals surface area contributed by atoms with Gasteiger partial charge in [-0.05, 0) is 110 Å². The third kappa shape index (κ3) is 9.50. The van der Waals surface area contributed by atoms with Crippen molar-refractivity contribution in [3.63, 3.8) is 0 Å². The van der Waals surface area contributed by atoms with E-state index >= 15 is 4.57 Å². The van der Waals surface area contributed by atoms with E-state index in [1.54, 1.807) is 0 Å². The van der Waals surface area contributed by atoms with Crippen molar-refractivity contribution in [3.8, 4) is 11.5 Å². The van der Waals surface area contributed by atoms with Crippen LogP contribution in [-0.4, -0.2) is 0 Å². The molecule has 0 aliphatic rings. The molecule has 0 aliphatic heterocycles. The molecular formula is C38H55O3P. The molecule has 4 heteroatoms. The maximum absolute atomic E-state index is 15.4. The Morgan fingerprint density at radius 1 is 0.476 bits per heavy atom. The molecule has 3 nitrogen and oxygen atoms in total. The van der Waals surface area contributed by atoms with Crippen molar-refractivity contribution in [3.05, 3.63) is 88.5 Å². The fraction of sp³-hybridized carbons (Fsp3) is 0.526. The molecule has 0 atom stereocenters. The lowest BCUT2D eigenvalue weighted by Crippen LogP contribution is -2.20. The SMILES string of the molecule is CCCCc1ccccc1P(=O)(Oc1cccc(CCCC)c1CCCC)Oc1cccc(CCCC)c1CCCC. The minimum absolute atomic E-state index is 0.694. The second kappa shape index (κ2) is 18.2. The van der Waals surface area contributed by atoms with Crippen molar-refractivity contribution < 1.29 is 13.6 Å². The summed E-state index contributed by atoms with van der Waals surface area (Å²) in [5, 5.41) is 0.694. The lowest BCUT2D eigenvalue weighted by Gasteiger charge is -2.26. The maximum Gasteiger partial charge on any atom is 0.463 e. The standard InChI is InChI=1S/C38H55O3P/c1-6-11-20-31-24-18-28-36(34(31)26-14-9-4)40-42(39,38-30-17-16-23-33(38)22-13-8-3)41-37-29-19-25-32(21-12-7-2)35(37)27-15-10-5/h16-19,23-25,28-30H,6-15,20-22,26-27H2,1-5H3. The summed E-state index contributed by atoms with van der Waals surface area (Å²) in [5.74, 6) is 1.42. The second-order valence-electron chi connectivity index (χ2n) is 11.6. The van der Waals surface area contributed by atoms with Gasteiger partial charge in [-0.25, -0.2) is 4.57 Å². The molecule has 3 aromatic rings. The van der Waals surface area contributed by atoms with Gasteiger partial charge in [-0.15, -0.1) is 0 Å². The molecule has 42 heavy (non-hydrogen) atoms. The number of hydrogen-bond donors (Lipinski definition) is 0. The van der Waals surface area contributed by atoms with Crippen molar-refractivity contribution >= 4 is 12.9 Å². The second-order valence-corrected chi connectivity index (χ2v) is 13.5. The van der Waals surface area contributed by atoms with Gasteiger partial charge in [0.15, 0.2) is 0 Å². The lowest BCUT2D eigenvalue weighted by molar-refractivity contribution is 0.394. The highest BCUT2D eigenvalue weighted by Crippen LogP contribution is 2.51. The predicted octanol–water partition coefficient (Wildman–Crippen LogP) is 11.4. The molecule has 0 fully saturated rings. The zero-order chi connectivity index (χ0) is 30.2. The summed E-state index contributed by atoms with van der Waals surface area (Å²) >= 11 is 0. The molecule has 0 aromatic heterocycles. The molecule has 3 rings (SSSR count). The van der Waals surface area contributed by atoms with Crippen molar-refractivity contribution in [2.24, 2.45) is 0 Å². The first-order valence-electron chi connectivity index (χ1n) is 16.8. The normalized spacial score (nSPS) is 11.5. The minimum atomic E-state index is -3.80. The van der Waals surface area contributed by atoms with Gasteiger partial charge in [0.05, 0.1) is 5.30 Å². The summed E-state index contributed by atoms with van der Waals surface area (Å²) in [7, 11) is -3.80. The van der Waals surface area contributed by atoms with E-state index in [2.05, 4.69) is 65.0 Å². The highest BCUT2D eigenvalue weighted by atomic mass is 31.2. The summed E-state index contributed by atoms with van der Waals surface area (Å²) in [6, 6.07) is 20.6. The van der Waals surface area contributed by atoms with Gasteiger partial charge in [0, 0.05) is 0 Å². The molecular weight excluding hydrogens is 535 g/mol. The molecule has 0 aliphatic carbocycles. The molecule has 0 radical (unpaired) electrons. The maximum atomic E-state index is 15.4. The van der Waals surface area contributed by atoms with Gasteiger partial charge in [-0.3, -0.25) is 0 Å². The Hall–Kier alpha value is -2.51. The quantitative estimate of drug-likeness (QED) is 0.123. The van der Waals surface area contributed by atoms with Crippen LogP contribution in [-0.2, 0) is 36.7 Å². The monoisotopic (exact) mass is 590 g/mol. The molecule has 0 spiro atoms. The van der Waals surface area contributed by atoms with Gasteiger partial charge in [0.2, 0.25) is 0 Å². The Morgan fingerprint density at radius 2 is 0.857 bits per heavy atom. The van der Waals surface area contributed by atoms with Crippen LogP contribution in [0.15, 0.2) is 60.7 Å². The van der Waals surface area contributed by atoms with Gasteiger partial charge < -0.3 is 9.05 Å². The minimum Gasteiger partial charge on any atom is -0.413 e. The predicted molar refractivity (Wildman–Crippen MR) is 181 cm³/mol. The molecule has 0 unspecified atom stereocenters. The highest BCUT2D eigenvalue weighted by Gasteiger charge is 2.35. The van der Waals surface area contributed by atoms with Crippen LogP contribution in [0.25, 0.3) is 0 Å². The van der Waals surface area contributed by atoms with Crippen molar-refractivity contribution in [2.45, 2.75) is 131 Å². The van der Waals surface area contributed by atoms with Crippen LogP contribution in [0.5, 0.6) is 11.5 Å². The molecule has 0 heterocycles. The van der Waals surface area contributed by atoms with E-state index in [0.29, 0.717) is 16.8 Å². The van der Waals surface area contributed by atoms with Crippen molar-refractivity contribution in [1.82, 2.24) is 0 Å². The number of unbranched alkanes of at least 4 members (excludes halogenated alkanes) is 5. The lowest BCUT2D eigenvalue weighted by atomic mass is 9.97. The third-order valence-corrected chi connectivity index (χ3v) is 10.0. The molecule has 0 saturated heterocycles. The average Bonchev–Trinajstić information content (AvgIpc) is 3.00. The topological polar surface area (TPSA) is 35.5 Å². The van der Waals surface area contributed by atoms with Crippen molar-refractivity contribution in [2.75, 3.05) is 0 Å². The third-order valence-electron chi connectivity index (χ3n) is 8.14. The molecule has 3 aromatic carbocycles. The van der Waals surface area contributed by atoms with Crippen molar-refractivity contribution in [1.29, 1.82) is 0 Å². The smallest absolute Gasteiger partial charge is 0.413 e. The van der Waals surface area contributed by atoms with Gasteiger partial charge in [0.1, 0.15) is 11.5 Å². The summed E-state index contributed by atoms with van der Waals surface area (Å²) in [4.78, 5) is 0. The van der Waals surface area contributed by atoms with E-state index in [0.717, 1.165) is 102 Å². The van der Waals surface area contributed by atoms with E-state index in [9.17, 15) is 0 Å². The van der Waals surface area contributed by atoms with E-state index in [1.165, 1.54) is 22.3 Å². The first-order valence-corrected chi connectivity index (χ1v) is 18.3. The summed E-state index contributed by atoms with van der Waals surface area (Å²) in [6.45, 7) is 11.1. The van der Waals surface area contributed by atoms with Crippen LogP contribution in [0, 0.1) is 0 Å². The van der Waals surface area contributed by atoms with E-state index < -0.39 is 7.60 Å². The van der Waals surface area contributed by atoms with Crippen LogP contribution in [0.2, 0.25) is 0 Å². The molecule has 0 amide bonds. The van der Waals surface area contributed by atoms with Crippen LogP contribution >= 0.6 is 7.60 Å². The summed E-state index contributed by atoms with van der Waals surface area (Å²) in [6.07, 6.45) is 15.6. The van der Waals surface area contributed by atoms with Crippen LogP contribution in [0.4, 0.5) is 0 Å². The number of rotatable bonds is 20. The summed E-state index contributed by atoms with van der Waals surface area (Å²) in [5.41, 5.74) is 6.03. The Balaban J connectivity index is 2.17. The molecule has 0 bridgehead atoms. The van der Waals surface area contributed by atoms with E-state index in [-0.39, 0.29) is 0 Å². The fourth-order valence-corrected chi connectivity index (χ4v) is 7.50. The number of aryl methyl sites for hydroxylation is 3. The first kappa shape index (κ1) is 34.0. The number of hydrogen-bond acceptors (Lipinski definition) is 3. The molecule has 0 N–H and O–H groups in total. The largest absolute Gasteiger partial charge is 0.463 e.